The second-order valence-corrected chi connectivity index (χ2v) is 11.3. The van der Waals surface area contributed by atoms with Gasteiger partial charge in [0.2, 0.25) is 0 Å². The summed E-state index contributed by atoms with van der Waals surface area (Å²) < 4.78 is 13.0. The summed E-state index contributed by atoms with van der Waals surface area (Å²) in [5.74, 6) is 0. The maximum atomic E-state index is 6.54. The predicted octanol–water partition coefficient (Wildman–Crippen LogP) is 12.3. The zero-order valence-corrected chi connectivity index (χ0v) is 24.4. The van der Waals surface area contributed by atoms with Crippen molar-refractivity contribution in [3.05, 3.63) is 164 Å². The molecule has 0 atom stereocenters. The molecule has 0 saturated heterocycles. The van der Waals surface area contributed by atoms with Crippen LogP contribution in [-0.2, 0) is 0 Å². The normalized spacial score (nSPS) is 11.6. The molecule has 0 saturated carbocycles. The SMILES string of the molecule is c1ccc(-c2ccc(N(c3ccccc3)c3ccc(-c4cc5c6ccccc6oc5c5c4oc4ccccc45)cc3)cc2)cc1. The van der Waals surface area contributed by atoms with Gasteiger partial charge in [-0.05, 0) is 71.3 Å². The Kier molecular flexibility index (Phi) is 5.82. The van der Waals surface area contributed by atoms with Gasteiger partial charge in [-0.3, -0.25) is 0 Å². The van der Waals surface area contributed by atoms with E-state index in [-0.39, 0.29) is 0 Å². The molecule has 0 aliphatic carbocycles. The topological polar surface area (TPSA) is 29.5 Å². The van der Waals surface area contributed by atoms with Crippen molar-refractivity contribution in [3.8, 4) is 22.3 Å². The van der Waals surface area contributed by atoms with E-state index in [4.69, 9.17) is 8.83 Å². The van der Waals surface area contributed by atoms with Gasteiger partial charge < -0.3 is 13.7 Å². The molecule has 3 heteroatoms. The van der Waals surface area contributed by atoms with Crippen molar-refractivity contribution in [3.63, 3.8) is 0 Å². The molecule has 9 rings (SSSR count). The molecule has 7 aromatic carbocycles. The quantitative estimate of drug-likeness (QED) is 0.204. The molecule has 45 heavy (non-hydrogen) atoms. The van der Waals surface area contributed by atoms with Crippen LogP contribution in [0.5, 0.6) is 0 Å². The fraction of sp³-hybridized carbons (Fsp3) is 0. The standard InChI is InChI=1S/C42H27NO2/c1-3-11-28(12-4-1)29-19-23-32(24-20-29)43(31-13-5-2-6-14-31)33-25-21-30(22-26-33)36-27-37-34-15-7-9-17-38(34)44-42(37)40-35-16-8-10-18-39(35)45-41(36)40/h1-27H. The molecular formula is C42H27NO2. The maximum Gasteiger partial charge on any atom is 0.147 e. The fourth-order valence-electron chi connectivity index (χ4n) is 6.53. The Labute approximate surface area is 260 Å². The number of fused-ring (bicyclic) bond motifs is 7. The molecule has 212 valence electrons. The number of hydrogen-bond acceptors (Lipinski definition) is 3. The van der Waals surface area contributed by atoms with E-state index in [1.54, 1.807) is 0 Å². The predicted molar refractivity (Wildman–Crippen MR) is 187 cm³/mol. The Morgan fingerprint density at radius 3 is 1.53 bits per heavy atom. The minimum absolute atomic E-state index is 0.840. The molecule has 0 fully saturated rings. The van der Waals surface area contributed by atoms with Crippen LogP contribution in [0.2, 0.25) is 0 Å². The van der Waals surface area contributed by atoms with Gasteiger partial charge in [0.1, 0.15) is 22.3 Å². The highest BCUT2D eigenvalue weighted by molar-refractivity contribution is 6.25. The van der Waals surface area contributed by atoms with Crippen LogP contribution in [0.25, 0.3) is 66.1 Å². The van der Waals surface area contributed by atoms with E-state index in [1.807, 2.05) is 30.3 Å². The first kappa shape index (κ1) is 25.4. The van der Waals surface area contributed by atoms with Crippen LogP contribution in [0, 0.1) is 0 Å². The van der Waals surface area contributed by atoms with Gasteiger partial charge in [-0.1, -0.05) is 109 Å². The van der Waals surface area contributed by atoms with Gasteiger partial charge >= 0.3 is 0 Å². The van der Waals surface area contributed by atoms with Gasteiger partial charge in [0.05, 0.1) is 5.39 Å². The number of anilines is 3. The Balaban J connectivity index is 1.19. The van der Waals surface area contributed by atoms with E-state index >= 15 is 0 Å². The van der Waals surface area contributed by atoms with Crippen molar-refractivity contribution in [2.45, 2.75) is 0 Å². The average molecular weight is 578 g/mol. The van der Waals surface area contributed by atoms with Gasteiger partial charge in [0, 0.05) is 38.8 Å². The van der Waals surface area contributed by atoms with Crippen LogP contribution in [0.15, 0.2) is 173 Å². The van der Waals surface area contributed by atoms with E-state index in [2.05, 4.69) is 138 Å². The molecule has 9 aromatic rings. The summed E-state index contributed by atoms with van der Waals surface area (Å²) in [6.07, 6.45) is 0. The Bertz CT molecular complexity index is 2450. The monoisotopic (exact) mass is 577 g/mol. The smallest absolute Gasteiger partial charge is 0.147 e. The second kappa shape index (κ2) is 10.3. The van der Waals surface area contributed by atoms with Crippen molar-refractivity contribution < 1.29 is 8.83 Å². The molecule has 3 nitrogen and oxygen atoms in total. The van der Waals surface area contributed by atoms with E-state index in [0.29, 0.717) is 0 Å². The van der Waals surface area contributed by atoms with Crippen molar-refractivity contribution in [1.29, 1.82) is 0 Å². The summed E-state index contributed by atoms with van der Waals surface area (Å²) in [6, 6.07) is 57.2. The summed E-state index contributed by atoms with van der Waals surface area (Å²) in [4.78, 5) is 2.29. The van der Waals surface area contributed by atoms with Crippen molar-refractivity contribution in [1.82, 2.24) is 0 Å². The lowest BCUT2D eigenvalue weighted by Crippen LogP contribution is -2.09. The van der Waals surface area contributed by atoms with Gasteiger partial charge in [-0.2, -0.15) is 0 Å². The largest absolute Gasteiger partial charge is 0.455 e. The number of furan rings is 2. The fourth-order valence-corrected chi connectivity index (χ4v) is 6.53. The van der Waals surface area contributed by atoms with Gasteiger partial charge in [0.25, 0.3) is 0 Å². The first-order valence-corrected chi connectivity index (χ1v) is 15.2. The molecule has 0 N–H and O–H groups in total. The van der Waals surface area contributed by atoms with Crippen molar-refractivity contribution in [2.75, 3.05) is 4.90 Å². The third-order valence-electron chi connectivity index (χ3n) is 8.67. The minimum atomic E-state index is 0.840. The van der Waals surface area contributed by atoms with Crippen LogP contribution in [0.3, 0.4) is 0 Å². The average Bonchev–Trinajstić information content (AvgIpc) is 3.68. The van der Waals surface area contributed by atoms with Crippen molar-refractivity contribution >= 4 is 60.9 Å². The second-order valence-electron chi connectivity index (χ2n) is 11.3. The molecule has 0 aliphatic heterocycles. The number of nitrogens with zero attached hydrogens (tertiary/aromatic N) is 1. The highest BCUT2D eigenvalue weighted by Crippen LogP contribution is 2.45. The molecular weight excluding hydrogens is 550 g/mol. The van der Waals surface area contributed by atoms with Gasteiger partial charge in [0.15, 0.2) is 0 Å². The van der Waals surface area contributed by atoms with Crippen molar-refractivity contribution in [2.24, 2.45) is 0 Å². The first-order chi connectivity index (χ1) is 22.3. The minimum Gasteiger partial charge on any atom is -0.455 e. The summed E-state index contributed by atoms with van der Waals surface area (Å²) in [6.45, 7) is 0. The maximum absolute atomic E-state index is 6.54. The third-order valence-corrected chi connectivity index (χ3v) is 8.67. The molecule has 0 radical (unpaired) electrons. The zero-order valence-electron chi connectivity index (χ0n) is 24.4. The Morgan fingerprint density at radius 1 is 0.356 bits per heavy atom. The summed E-state index contributed by atoms with van der Waals surface area (Å²) >= 11 is 0. The summed E-state index contributed by atoms with van der Waals surface area (Å²) in [5, 5.41) is 4.27. The lowest BCUT2D eigenvalue weighted by atomic mass is 9.98. The lowest BCUT2D eigenvalue weighted by Gasteiger charge is -2.26. The van der Waals surface area contributed by atoms with Crippen LogP contribution in [-0.4, -0.2) is 0 Å². The third kappa shape index (κ3) is 4.21. The van der Waals surface area contributed by atoms with Crippen LogP contribution in [0.1, 0.15) is 0 Å². The Morgan fingerprint density at radius 2 is 0.844 bits per heavy atom. The van der Waals surface area contributed by atoms with E-state index < -0.39 is 0 Å². The molecule has 0 spiro atoms. The molecule has 0 aliphatic rings. The van der Waals surface area contributed by atoms with Gasteiger partial charge in [-0.25, -0.2) is 0 Å². The number of rotatable bonds is 5. The highest BCUT2D eigenvalue weighted by atomic mass is 16.3. The Hall–Kier alpha value is -6.06. The van der Waals surface area contributed by atoms with Crippen LogP contribution >= 0.6 is 0 Å². The number of benzene rings is 7. The van der Waals surface area contributed by atoms with E-state index in [9.17, 15) is 0 Å². The summed E-state index contributed by atoms with van der Waals surface area (Å²) in [5.41, 5.74) is 11.2. The molecule has 2 heterocycles. The molecule has 0 bridgehead atoms. The number of hydrogen-bond donors (Lipinski definition) is 0. The molecule has 2 aromatic heterocycles. The molecule has 0 unspecified atom stereocenters. The van der Waals surface area contributed by atoms with Gasteiger partial charge in [-0.15, -0.1) is 0 Å². The van der Waals surface area contributed by atoms with E-state index in [0.717, 1.165) is 72.1 Å². The van der Waals surface area contributed by atoms with E-state index in [1.165, 1.54) is 11.1 Å². The van der Waals surface area contributed by atoms with Crippen LogP contribution < -0.4 is 4.90 Å². The zero-order chi connectivity index (χ0) is 29.7. The van der Waals surface area contributed by atoms with Crippen LogP contribution in [0.4, 0.5) is 17.1 Å². The molecule has 0 amide bonds. The lowest BCUT2D eigenvalue weighted by molar-refractivity contribution is 0.663. The highest BCUT2D eigenvalue weighted by Gasteiger charge is 2.21. The summed E-state index contributed by atoms with van der Waals surface area (Å²) in [7, 11) is 0. The first-order valence-electron chi connectivity index (χ1n) is 15.2. The number of para-hydroxylation sites is 3.